The van der Waals surface area contributed by atoms with Gasteiger partial charge in [0.1, 0.15) is 11.4 Å². The molecule has 4 rings (SSSR count). The van der Waals surface area contributed by atoms with E-state index >= 15 is 0 Å². The quantitative estimate of drug-likeness (QED) is 0.281. The van der Waals surface area contributed by atoms with Gasteiger partial charge in [0.25, 0.3) is 5.91 Å². The van der Waals surface area contributed by atoms with E-state index in [-0.39, 0.29) is 29.4 Å². The lowest BCUT2D eigenvalue weighted by atomic mass is 9.75. The number of esters is 1. The van der Waals surface area contributed by atoms with E-state index in [1.165, 1.54) is 0 Å². The van der Waals surface area contributed by atoms with Gasteiger partial charge in [-0.2, -0.15) is 0 Å². The topological polar surface area (TPSA) is 59.0 Å². The summed E-state index contributed by atoms with van der Waals surface area (Å²) in [5.74, 6) is 0.940. The Labute approximate surface area is 248 Å². The molecule has 6 heteroatoms. The third kappa shape index (κ3) is 6.87. The van der Waals surface area contributed by atoms with Crippen LogP contribution in [0.3, 0.4) is 0 Å². The van der Waals surface area contributed by atoms with Crippen LogP contribution < -0.4 is 0 Å². The van der Waals surface area contributed by atoms with E-state index in [0.717, 1.165) is 54.1 Å². The van der Waals surface area contributed by atoms with Crippen LogP contribution in [0, 0.1) is 17.3 Å². The number of benzene rings is 2. The average molecular weight is 610 g/mol. The molecule has 216 valence electrons. The monoisotopic (exact) mass is 608 g/mol. The van der Waals surface area contributed by atoms with Crippen LogP contribution in [-0.2, 0) is 9.53 Å². The number of carbonyl (C=O) groups excluding carboxylic acids is 2. The van der Waals surface area contributed by atoms with E-state index in [2.05, 4.69) is 55.4 Å². The van der Waals surface area contributed by atoms with Crippen molar-refractivity contribution in [3.8, 4) is 0 Å². The summed E-state index contributed by atoms with van der Waals surface area (Å²) in [5, 5.41) is 0. The number of halogens is 1. The molecule has 1 amide bonds. The largest absolute Gasteiger partial charge is 0.459 e. The van der Waals surface area contributed by atoms with Crippen LogP contribution in [0.2, 0.25) is 0 Å². The fourth-order valence-electron chi connectivity index (χ4n) is 6.13. The maximum atomic E-state index is 14.4. The van der Waals surface area contributed by atoms with Gasteiger partial charge >= 0.3 is 5.97 Å². The van der Waals surface area contributed by atoms with Crippen LogP contribution >= 0.6 is 15.9 Å². The van der Waals surface area contributed by atoms with Gasteiger partial charge in [0.15, 0.2) is 0 Å². The molecule has 2 aromatic carbocycles. The lowest BCUT2D eigenvalue weighted by molar-refractivity contribution is -0.133. The van der Waals surface area contributed by atoms with Crippen LogP contribution in [0.25, 0.3) is 0 Å². The van der Waals surface area contributed by atoms with E-state index in [1.807, 2.05) is 62.4 Å². The fourth-order valence-corrected chi connectivity index (χ4v) is 6.53. The van der Waals surface area contributed by atoms with Crippen LogP contribution in [0.4, 0.5) is 0 Å². The maximum absolute atomic E-state index is 14.4. The third-order valence-electron chi connectivity index (χ3n) is 8.41. The van der Waals surface area contributed by atoms with Crippen LogP contribution in [-0.4, -0.2) is 34.3 Å². The van der Waals surface area contributed by atoms with E-state index < -0.39 is 5.66 Å². The summed E-state index contributed by atoms with van der Waals surface area (Å²) in [5.41, 5.74) is 2.53. The zero-order valence-corrected chi connectivity index (χ0v) is 26.8. The number of aliphatic imine (C=N–C) groups is 1. The molecule has 1 atom stereocenters. The minimum atomic E-state index is -0.558. The Morgan fingerprint density at radius 1 is 1.07 bits per heavy atom. The van der Waals surface area contributed by atoms with Gasteiger partial charge in [-0.15, -0.1) is 0 Å². The fraction of sp³-hybridized carbons (Fsp3) is 0.559. The van der Waals surface area contributed by atoms with Crippen molar-refractivity contribution in [1.82, 2.24) is 4.90 Å². The molecule has 1 aliphatic heterocycles. The Morgan fingerprint density at radius 2 is 1.73 bits per heavy atom. The normalized spacial score (nSPS) is 22.2. The summed E-state index contributed by atoms with van der Waals surface area (Å²) in [4.78, 5) is 34.4. The molecule has 0 N–H and O–H groups in total. The number of amides is 1. The number of nitrogens with zero attached hydrogens (tertiary/aromatic N) is 2. The molecule has 1 aliphatic carbocycles. The SMILES string of the molecule is CC(C)OC(=O)c1ccc([C@@H](CCC(C)(C)C)N2C(=O)C(c3cccc(Br)c3)=NC23CCC(C(C)C)CC3)cc1. The van der Waals surface area contributed by atoms with Crippen LogP contribution in [0.5, 0.6) is 0 Å². The minimum absolute atomic E-state index is 0.00306. The molecule has 1 fully saturated rings. The smallest absolute Gasteiger partial charge is 0.338 e. The first kappa shape index (κ1) is 30.5. The number of hydrogen-bond acceptors (Lipinski definition) is 4. The Balaban J connectivity index is 1.76. The predicted octanol–water partition coefficient (Wildman–Crippen LogP) is 8.76. The molecule has 1 saturated carbocycles. The molecule has 0 unspecified atom stereocenters. The molecule has 1 heterocycles. The lowest BCUT2D eigenvalue weighted by Gasteiger charge is -2.46. The van der Waals surface area contributed by atoms with Crippen molar-refractivity contribution in [2.75, 3.05) is 0 Å². The average Bonchev–Trinajstić information content (AvgIpc) is 3.15. The summed E-state index contributed by atoms with van der Waals surface area (Å²) < 4.78 is 6.35. The predicted molar refractivity (Wildman–Crippen MR) is 165 cm³/mol. The van der Waals surface area contributed by atoms with Crippen molar-refractivity contribution < 1.29 is 14.3 Å². The van der Waals surface area contributed by atoms with Crippen molar-refractivity contribution in [2.45, 2.75) is 105 Å². The Bertz CT molecular complexity index is 1230. The van der Waals surface area contributed by atoms with E-state index in [9.17, 15) is 9.59 Å². The molecule has 0 saturated heterocycles. The molecule has 2 aliphatic rings. The molecule has 0 aromatic heterocycles. The molecule has 5 nitrogen and oxygen atoms in total. The zero-order valence-electron chi connectivity index (χ0n) is 25.2. The maximum Gasteiger partial charge on any atom is 0.338 e. The van der Waals surface area contributed by atoms with Crippen molar-refractivity contribution in [2.24, 2.45) is 22.2 Å². The Kier molecular flexibility index (Phi) is 9.28. The van der Waals surface area contributed by atoms with Crippen molar-refractivity contribution >= 4 is 33.5 Å². The number of ether oxygens (including phenoxy) is 1. The van der Waals surface area contributed by atoms with E-state index in [1.54, 1.807) is 0 Å². The summed E-state index contributed by atoms with van der Waals surface area (Å²) in [6.45, 7) is 15.0. The highest BCUT2D eigenvalue weighted by molar-refractivity contribution is 9.10. The van der Waals surface area contributed by atoms with Gasteiger partial charge in [0, 0.05) is 10.0 Å². The minimum Gasteiger partial charge on any atom is -0.459 e. The molecular weight excluding hydrogens is 564 g/mol. The Hall–Kier alpha value is -2.47. The van der Waals surface area contributed by atoms with Gasteiger partial charge < -0.3 is 9.64 Å². The highest BCUT2D eigenvalue weighted by atomic mass is 79.9. The molecule has 2 aromatic rings. The zero-order chi connectivity index (χ0) is 29.2. The van der Waals surface area contributed by atoms with E-state index in [4.69, 9.17) is 9.73 Å². The summed E-state index contributed by atoms with van der Waals surface area (Å²) >= 11 is 3.58. The van der Waals surface area contributed by atoms with Crippen molar-refractivity contribution in [1.29, 1.82) is 0 Å². The van der Waals surface area contributed by atoms with Crippen molar-refractivity contribution in [3.05, 3.63) is 69.7 Å². The van der Waals surface area contributed by atoms with Gasteiger partial charge in [0.05, 0.1) is 17.7 Å². The lowest BCUT2D eigenvalue weighted by Crippen LogP contribution is -2.51. The second-order valence-corrected chi connectivity index (χ2v) is 14.3. The third-order valence-corrected chi connectivity index (χ3v) is 8.91. The number of carbonyl (C=O) groups is 2. The molecule has 0 bridgehead atoms. The Morgan fingerprint density at radius 3 is 2.27 bits per heavy atom. The first-order valence-corrected chi connectivity index (χ1v) is 15.6. The summed E-state index contributed by atoms with van der Waals surface area (Å²) in [6, 6.07) is 15.4. The van der Waals surface area contributed by atoms with Gasteiger partial charge in [-0.1, -0.05) is 74.8 Å². The van der Waals surface area contributed by atoms with Crippen LogP contribution in [0.1, 0.15) is 115 Å². The molecular formula is C34H45BrN2O3. The van der Waals surface area contributed by atoms with Gasteiger partial charge in [-0.05, 0) is 99.5 Å². The van der Waals surface area contributed by atoms with Gasteiger partial charge in [-0.3, -0.25) is 9.79 Å². The molecule has 0 radical (unpaired) electrons. The second kappa shape index (κ2) is 12.2. The van der Waals surface area contributed by atoms with Crippen LogP contribution in [0.15, 0.2) is 58.0 Å². The summed E-state index contributed by atoms with van der Waals surface area (Å²) in [7, 11) is 0. The molecule has 1 spiro atoms. The molecule has 40 heavy (non-hydrogen) atoms. The van der Waals surface area contributed by atoms with E-state index in [0.29, 0.717) is 23.1 Å². The van der Waals surface area contributed by atoms with Gasteiger partial charge in [0.2, 0.25) is 0 Å². The first-order valence-electron chi connectivity index (χ1n) is 14.8. The van der Waals surface area contributed by atoms with Crippen molar-refractivity contribution in [3.63, 3.8) is 0 Å². The number of hydrogen-bond donors (Lipinski definition) is 0. The second-order valence-electron chi connectivity index (χ2n) is 13.4. The first-order chi connectivity index (χ1) is 18.8. The standard InChI is InChI=1S/C34H45BrN2O3/c1-22(2)24-15-19-34(20-16-24)36-30(27-9-8-10-28(35)21-27)31(38)37(34)29(17-18-33(5,6)7)25-11-13-26(14-12-25)32(39)40-23(3)4/h8-14,21-24,29H,15-20H2,1-7H3/t24?,29-,34?/m1/s1. The highest BCUT2D eigenvalue weighted by Crippen LogP contribution is 2.48. The number of rotatable bonds is 8. The summed E-state index contributed by atoms with van der Waals surface area (Å²) in [6.07, 6.45) is 5.44. The highest BCUT2D eigenvalue weighted by Gasteiger charge is 2.52. The van der Waals surface area contributed by atoms with Gasteiger partial charge in [-0.25, -0.2) is 4.79 Å².